The third kappa shape index (κ3) is 4.32. The summed E-state index contributed by atoms with van der Waals surface area (Å²) < 4.78 is 32.4. The molecule has 1 amide bonds. The van der Waals surface area contributed by atoms with Crippen molar-refractivity contribution in [1.29, 1.82) is 0 Å². The number of hydrogen-bond acceptors (Lipinski definition) is 4. The number of carbonyl (C=O) groups is 1. The van der Waals surface area contributed by atoms with Crippen molar-refractivity contribution in [3.8, 4) is 0 Å². The molecule has 0 unspecified atom stereocenters. The summed E-state index contributed by atoms with van der Waals surface area (Å²) in [5.74, 6) is -0.223. The largest absolute Gasteiger partial charge is 0.464 e. The molecule has 0 bridgehead atoms. The molecule has 1 aromatic heterocycles. The van der Waals surface area contributed by atoms with Crippen molar-refractivity contribution in [3.63, 3.8) is 0 Å². The lowest BCUT2D eigenvalue weighted by molar-refractivity contribution is -0.115. The van der Waals surface area contributed by atoms with Crippen molar-refractivity contribution in [1.82, 2.24) is 4.31 Å². The van der Waals surface area contributed by atoms with Crippen molar-refractivity contribution in [3.05, 3.63) is 59.3 Å². The number of furan rings is 1. The van der Waals surface area contributed by atoms with Crippen molar-refractivity contribution < 1.29 is 17.6 Å². The Labute approximate surface area is 174 Å². The van der Waals surface area contributed by atoms with Gasteiger partial charge in [-0.25, -0.2) is 8.42 Å². The second kappa shape index (κ2) is 8.18. The van der Waals surface area contributed by atoms with Crippen LogP contribution in [-0.2, 0) is 21.2 Å². The van der Waals surface area contributed by atoms with E-state index in [9.17, 15) is 13.2 Å². The van der Waals surface area contributed by atoms with E-state index < -0.39 is 10.0 Å². The van der Waals surface area contributed by atoms with E-state index in [2.05, 4.69) is 5.32 Å². The number of carbonyl (C=O) groups excluding carboxylic acids is 1. The quantitative estimate of drug-likeness (QED) is 0.646. The normalized spacial score (nSPS) is 15.5. The summed E-state index contributed by atoms with van der Waals surface area (Å²) in [6.45, 7) is 1.12. The average Bonchev–Trinajstić information content (AvgIpc) is 3.11. The van der Waals surface area contributed by atoms with Gasteiger partial charge >= 0.3 is 0 Å². The van der Waals surface area contributed by atoms with Crippen molar-refractivity contribution >= 4 is 44.2 Å². The zero-order chi connectivity index (χ0) is 20.4. The molecule has 6 nitrogen and oxygen atoms in total. The summed E-state index contributed by atoms with van der Waals surface area (Å²) in [6.07, 6.45) is 4.52. The molecule has 8 heteroatoms. The lowest BCUT2D eigenvalue weighted by Crippen LogP contribution is -2.35. The molecule has 1 N–H and O–H groups in total. The van der Waals surface area contributed by atoms with Gasteiger partial charge in [0.1, 0.15) is 5.58 Å². The van der Waals surface area contributed by atoms with Gasteiger partial charge in [0.15, 0.2) is 0 Å². The van der Waals surface area contributed by atoms with E-state index >= 15 is 0 Å². The summed E-state index contributed by atoms with van der Waals surface area (Å²) in [6, 6.07) is 11.6. The van der Waals surface area contributed by atoms with Crippen LogP contribution < -0.4 is 5.32 Å². The van der Waals surface area contributed by atoms with Crippen LogP contribution in [-0.4, -0.2) is 31.7 Å². The molecule has 2 aromatic carbocycles. The molecule has 0 radical (unpaired) electrons. The summed E-state index contributed by atoms with van der Waals surface area (Å²) in [5.41, 5.74) is 1.95. The Hall–Kier alpha value is -2.35. The fraction of sp³-hybridized carbons (Fsp3) is 0.286. The second-order valence-electron chi connectivity index (χ2n) is 7.12. The van der Waals surface area contributed by atoms with Gasteiger partial charge in [-0.15, -0.1) is 0 Å². The number of sulfonamides is 1. The fourth-order valence-electron chi connectivity index (χ4n) is 3.53. The molecule has 0 atom stereocenters. The van der Waals surface area contributed by atoms with Crippen LogP contribution in [0.1, 0.15) is 24.8 Å². The van der Waals surface area contributed by atoms with Crippen LogP contribution in [0.2, 0.25) is 5.02 Å². The molecular formula is C21H21ClN2O4S. The first-order valence-corrected chi connectivity index (χ1v) is 11.3. The molecule has 29 heavy (non-hydrogen) atoms. The van der Waals surface area contributed by atoms with Gasteiger partial charge in [0.2, 0.25) is 15.9 Å². The van der Waals surface area contributed by atoms with Gasteiger partial charge < -0.3 is 9.73 Å². The van der Waals surface area contributed by atoms with Crippen LogP contribution in [0.5, 0.6) is 0 Å². The Kier molecular flexibility index (Phi) is 5.63. The minimum atomic E-state index is -3.48. The first kappa shape index (κ1) is 19.9. The van der Waals surface area contributed by atoms with Crippen molar-refractivity contribution in [2.45, 2.75) is 30.6 Å². The number of anilines is 1. The number of rotatable bonds is 5. The summed E-state index contributed by atoms with van der Waals surface area (Å²) in [4.78, 5) is 12.7. The van der Waals surface area contributed by atoms with Crippen LogP contribution in [0.3, 0.4) is 0 Å². The molecule has 1 fully saturated rings. The molecule has 152 valence electrons. The van der Waals surface area contributed by atoms with Gasteiger partial charge in [-0.1, -0.05) is 18.0 Å². The second-order valence-corrected chi connectivity index (χ2v) is 9.49. The highest BCUT2D eigenvalue weighted by atomic mass is 35.5. The first-order valence-electron chi connectivity index (χ1n) is 9.49. The Balaban J connectivity index is 1.44. The maximum absolute atomic E-state index is 12.7. The van der Waals surface area contributed by atoms with Crippen LogP contribution in [0, 0.1) is 0 Å². The minimum absolute atomic E-state index is 0.126. The van der Waals surface area contributed by atoms with Crippen molar-refractivity contribution in [2.75, 3.05) is 18.4 Å². The molecule has 4 rings (SSSR count). The number of hydrogen-bond donors (Lipinski definition) is 1. The maximum atomic E-state index is 12.7. The molecule has 0 aliphatic carbocycles. The predicted molar refractivity (Wildman–Crippen MR) is 113 cm³/mol. The molecule has 0 spiro atoms. The van der Waals surface area contributed by atoms with E-state index in [1.165, 1.54) is 16.4 Å². The van der Waals surface area contributed by atoms with E-state index in [1.54, 1.807) is 36.6 Å². The van der Waals surface area contributed by atoms with Gasteiger partial charge in [-0.2, -0.15) is 4.31 Å². The van der Waals surface area contributed by atoms with Crippen molar-refractivity contribution in [2.24, 2.45) is 0 Å². The molecule has 1 aliphatic heterocycles. The minimum Gasteiger partial charge on any atom is -0.464 e. The third-order valence-electron chi connectivity index (χ3n) is 5.06. The van der Waals surface area contributed by atoms with Gasteiger partial charge in [-0.05, 0) is 55.3 Å². The topological polar surface area (TPSA) is 79.6 Å². The number of piperidine rings is 1. The monoisotopic (exact) mass is 432 g/mol. The Morgan fingerprint density at radius 3 is 2.52 bits per heavy atom. The maximum Gasteiger partial charge on any atom is 0.243 e. The van der Waals surface area contributed by atoms with E-state index in [0.29, 0.717) is 29.4 Å². The van der Waals surface area contributed by atoms with Gasteiger partial charge in [0.05, 0.1) is 17.6 Å². The van der Waals surface area contributed by atoms with E-state index in [-0.39, 0.29) is 17.2 Å². The number of nitrogens with zero attached hydrogens (tertiary/aromatic N) is 1. The SMILES string of the molecule is O=C(Cc1coc2ccc(Cl)cc12)Nc1ccc(S(=O)(=O)N2CCCCC2)cc1. The zero-order valence-corrected chi connectivity index (χ0v) is 17.3. The predicted octanol–water partition coefficient (Wildman–Crippen LogP) is 4.44. The summed E-state index contributed by atoms with van der Waals surface area (Å²) in [5, 5.41) is 4.17. The molecule has 1 saturated heterocycles. The number of fused-ring (bicyclic) bond motifs is 1. The first-order chi connectivity index (χ1) is 13.9. The summed E-state index contributed by atoms with van der Waals surface area (Å²) >= 11 is 6.03. The molecule has 3 aromatic rings. The number of amides is 1. The Bertz CT molecular complexity index is 1130. The smallest absolute Gasteiger partial charge is 0.243 e. The van der Waals surface area contributed by atoms with E-state index in [0.717, 1.165) is 30.2 Å². The average molecular weight is 433 g/mol. The van der Waals surface area contributed by atoms with Crippen LogP contribution >= 0.6 is 11.6 Å². The highest BCUT2D eigenvalue weighted by Gasteiger charge is 2.25. The Morgan fingerprint density at radius 1 is 1.07 bits per heavy atom. The molecule has 0 saturated carbocycles. The number of benzene rings is 2. The highest BCUT2D eigenvalue weighted by Crippen LogP contribution is 2.26. The van der Waals surface area contributed by atoms with E-state index in [1.807, 2.05) is 0 Å². The van der Waals surface area contributed by atoms with Crippen LogP contribution in [0.25, 0.3) is 11.0 Å². The molecule has 2 heterocycles. The van der Waals surface area contributed by atoms with Gasteiger partial charge in [0, 0.05) is 34.7 Å². The molecular weight excluding hydrogens is 412 g/mol. The van der Waals surface area contributed by atoms with E-state index in [4.69, 9.17) is 16.0 Å². The highest BCUT2D eigenvalue weighted by molar-refractivity contribution is 7.89. The zero-order valence-electron chi connectivity index (χ0n) is 15.7. The Morgan fingerprint density at radius 2 is 1.79 bits per heavy atom. The number of halogens is 1. The fourth-order valence-corrected chi connectivity index (χ4v) is 5.22. The van der Waals surface area contributed by atoms with Crippen LogP contribution in [0.15, 0.2) is 58.0 Å². The number of nitrogens with one attached hydrogen (secondary N) is 1. The lowest BCUT2D eigenvalue weighted by atomic mass is 10.1. The lowest BCUT2D eigenvalue weighted by Gasteiger charge is -2.25. The van der Waals surface area contributed by atoms with Crippen LogP contribution in [0.4, 0.5) is 5.69 Å². The summed E-state index contributed by atoms with van der Waals surface area (Å²) in [7, 11) is -3.48. The standard InChI is InChI=1S/C21H21ClN2O4S/c22-16-4-9-20-19(13-16)15(14-28-20)12-21(25)23-17-5-7-18(8-6-17)29(26,27)24-10-2-1-3-11-24/h4-9,13-14H,1-3,10-12H2,(H,23,25). The third-order valence-corrected chi connectivity index (χ3v) is 7.21. The van der Waals surface area contributed by atoms with Gasteiger partial charge in [-0.3, -0.25) is 4.79 Å². The van der Waals surface area contributed by atoms with Gasteiger partial charge in [0.25, 0.3) is 0 Å². The molecule has 1 aliphatic rings.